The maximum Gasteiger partial charge on any atom is 0.252 e. The molecule has 0 aliphatic carbocycles. The van der Waals surface area contributed by atoms with E-state index in [9.17, 15) is 4.79 Å². The summed E-state index contributed by atoms with van der Waals surface area (Å²) in [7, 11) is 1.64. The first kappa shape index (κ1) is 20.4. The van der Waals surface area contributed by atoms with Crippen LogP contribution in [0, 0.1) is 0 Å². The van der Waals surface area contributed by atoms with Gasteiger partial charge in [0.05, 0.1) is 30.0 Å². The third kappa shape index (κ3) is 4.31. The van der Waals surface area contributed by atoms with Crippen LogP contribution >= 0.6 is 0 Å². The number of hydrogen-bond donors (Lipinski definition) is 1. The first-order chi connectivity index (χ1) is 14.5. The number of amides is 1. The van der Waals surface area contributed by atoms with Crippen LogP contribution in [-0.2, 0) is 4.74 Å². The summed E-state index contributed by atoms with van der Waals surface area (Å²) >= 11 is 0. The van der Waals surface area contributed by atoms with Crippen molar-refractivity contribution in [2.75, 3.05) is 20.3 Å². The fourth-order valence-corrected chi connectivity index (χ4v) is 3.81. The van der Waals surface area contributed by atoms with Crippen molar-refractivity contribution in [2.45, 2.75) is 38.7 Å². The van der Waals surface area contributed by atoms with E-state index < -0.39 is 0 Å². The number of aromatic nitrogens is 1. The van der Waals surface area contributed by atoms with Gasteiger partial charge in [0.15, 0.2) is 0 Å². The monoisotopic (exact) mass is 404 g/mol. The molecule has 0 unspecified atom stereocenters. The van der Waals surface area contributed by atoms with Crippen molar-refractivity contribution in [3.63, 3.8) is 0 Å². The Labute approximate surface area is 177 Å². The molecule has 1 N–H and O–H groups in total. The molecule has 1 aliphatic rings. The number of nitrogens with zero attached hydrogens (tertiary/aromatic N) is 1. The molecule has 2 heterocycles. The van der Waals surface area contributed by atoms with Crippen LogP contribution in [0.2, 0.25) is 0 Å². The highest BCUT2D eigenvalue weighted by Gasteiger charge is 2.19. The Balaban J connectivity index is 1.74. The number of rotatable bonds is 6. The summed E-state index contributed by atoms with van der Waals surface area (Å²) in [6.45, 7) is 5.61. The Kier molecular flexibility index (Phi) is 6.00. The Morgan fingerprint density at radius 3 is 2.67 bits per heavy atom. The molecule has 5 heteroatoms. The van der Waals surface area contributed by atoms with E-state index in [1.54, 1.807) is 7.11 Å². The van der Waals surface area contributed by atoms with Crippen molar-refractivity contribution >= 4 is 16.8 Å². The lowest BCUT2D eigenvalue weighted by atomic mass is 9.97. The van der Waals surface area contributed by atoms with Gasteiger partial charge in [-0.25, -0.2) is 4.98 Å². The van der Waals surface area contributed by atoms with Gasteiger partial charge in [0.2, 0.25) is 0 Å². The summed E-state index contributed by atoms with van der Waals surface area (Å²) in [6.07, 6.45) is 2.15. The van der Waals surface area contributed by atoms with E-state index >= 15 is 0 Å². The summed E-state index contributed by atoms with van der Waals surface area (Å²) in [5.74, 6) is 1.07. The quantitative estimate of drug-likeness (QED) is 0.632. The number of pyridine rings is 1. The zero-order valence-electron chi connectivity index (χ0n) is 17.8. The van der Waals surface area contributed by atoms with Crippen LogP contribution in [0.4, 0.5) is 0 Å². The molecule has 1 saturated heterocycles. The molecule has 156 valence electrons. The van der Waals surface area contributed by atoms with E-state index in [4.69, 9.17) is 14.5 Å². The Morgan fingerprint density at radius 2 is 2.00 bits per heavy atom. The standard InChI is InChI=1S/C25H28N2O3/c1-16(2)18-8-11-23-21(13-18)22(25(28)26-15-20-5-4-12-30-20)14-24(27-23)17-6-9-19(29-3)10-7-17/h6-11,13-14,16,20H,4-5,12,15H2,1-3H3,(H,26,28)/t20-/m1/s1. The highest BCUT2D eigenvalue weighted by atomic mass is 16.5. The summed E-state index contributed by atoms with van der Waals surface area (Å²) in [5, 5.41) is 3.95. The number of carbonyl (C=O) groups is 1. The van der Waals surface area contributed by atoms with E-state index in [0.29, 0.717) is 18.0 Å². The maximum atomic E-state index is 13.2. The van der Waals surface area contributed by atoms with E-state index in [1.165, 1.54) is 5.56 Å². The number of ether oxygens (including phenoxy) is 2. The molecular formula is C25H28N2O3. The molecule has 3 aromatic rings. The zero-order chi connectivity index (χ0) is 21.1. The van der Waals surface area contributed by atoms with Crippen molar-refractivity contribution in [3.05, 3.63) is 59.7 Å². The van der Waals surface area contributed by atoms with E-state index in [0.717, 1.165) is 47.4 Å². The van der Waals surface area contributed by atoms with Crippen molar-refractivity contribution in [2.24, 2.45) is 0 Å². The fourth-order valence-electron chi connectivity index (χ4n) is 3.81. The lowest BCUT2D eigenvalue weighted by Crippen LogP contribution is -2.32. The maximum absolute atomic E-state index is 13.2. The number of nitrogens with one attached hydrogen (secondary N) is 1. The van der Waals surface area contributed by atoms with Crippen LogP contribution < -0.4 is 10.1 Å². The summed E-state index contributed by atoms with van der Waals surface area (Å²) < 4.78 is 10.9. The van der Waals surface area contributed by atoms with Gasteiger partial charge >= 0.3 is 0 Å². The molecule has 1 atom stereocenters. The molecular weight excluding hydrogens is 376 g/mol. The molecule has 1 fully saturated rings. The topological polar surface area (TPSA) is 60.5 Å². The number of carbonyl (C=O) groups excluding carboxylic acids is 1. The van der Waals surface area contributed by atoms with Gasteiger partial charge in [0.25, 0.3) is 5.91 Å². The normalized spacial score (nSPS) is 16.2. The largest absolute Gasteiger partial charge is 0.497 e. The first-order valence-electron chi connectivity index (χ1n) is 10.5. The van der Waals surface area contributed by atoms with Crippen molar-refractivity contribution in [3.8, 4) is 17.0 Å². The molecule has 1 amide bonds. The molecule has 30 heavy (non-hydrogen) atoms. The molecule has 1 aromatic heterocycles. The Hall–Kier alpha value is -2.92. The summed E-state index contributed by atoms with van der Waals surface area (Å²) in [6, 6.07) is 15.8. The van der Waals surface area contributed by atoms with Gasteiger partial charge in [-0.1, -0.05) is 19.9 Å². The van der Waals surface area contributed by atoms with Crippen LogP contribution in [0.3, 0.4) is 0 Å². The molecule has 2 aromatic carbocycles. The second kappa shape index (κ2) is 8.84. The van der Waals surface area contributed by atoms with Crippen LogP contribution in [0.1, 0.15) is 48.5 Å². The van der Waals surface area contributed by atoms with Gasteiger partial charge < -0.3 is 14.8 Å². The zero-order valence-corrected chi connectivity index (χ0v) is 17.8. The van der Waals surface area contributed by atoms with E-state index in [2.05, 4.69) is 31.3 Å². The molecule has 0 bridgehead atoms. The lowest BCUT2D eigenvalue weighted by Gasteiger charge is -2.15. The molecule has 0 radical (unpaired) electrons. The van der Waals surface area contributed by atoms with Gasteiger partial charge in [-0.15, -0.1) is 0 Å². The molecule has 0 saturated carbocycles. The van der Waals surface area contributed by atoms with Crippen LogP contribution in [-0.4, -0.2) is 37.3 Å². The van der Waals surface area contributed by atoms with Gasteiger partial charge in [-0.05, 0) is 66.8 Å². The Bertz CT molecular complexity index is 1040. The average molecular weight is 405 g/mol. The highest BCUT2D eigenvalue weighted by molar-refractivity contribution is 6.07. The number of hydrogen-bond acceptors (Lipinski definition) is 4. The molecule has 5 nitrogen and oxygen atoms in total. The van der Waals surface area contributed by atoms with Gasteiger partial charge in [0.1, 0.15) is 5.75 Å². The lowest BCUT2D eigenvalue weighted by molar-refractivity contribution is 0.0859. The summed E-state index contributed by atoms with van der Waals surface area (Å²) in [4.78, 5) is 18.0. The van der Waals surface area contributed by atoms with Crippen molar-refractivity contribution in [1.82, 2.24) is 10.3 Å². The first-order valence-corrected chi connectivity index (χ1v) is 10.5. The minimum atomic E-state index is -0.0893. The van der Waals surface area contributed by atoms with Gasteiger partial charge in [-0.2, -0.15) is 0 Å². The van der Waals surface area contributed by atoms with E-state index in [-0.39, 0.29) is 12.0 Å². The second-order valence-corrected chi connectivity index (χ2v) is 8.06. The molecule has 1 aliphatic heterocycles. The van der Waals surface area contributed by atoms with Crippen LogP contribution in [0.25, 0.3) is 22.2 Å². The SMILES string of the molecule is COc1ccc(-c2cc(C(=O)NC[C@H]3CCCO3)c3cc(C(C)C)ccc3n2)cc1. The fraction of sp³-hybridized carbons (Fsp3) is 0.360. The summed E-state index contributed by atoms with van der Waals surface area (Å²) in [5.41, 5.74) is 4.36. The van der Waals surface area contributed by atoms with E-state index in [1.807, 2.05) is 36.4 Å². The third-order valence-corrected chi connectivity index (χ3v) is 5.64. The molecule has 4 rings (SSSR count). The molecule has 0 spiro atoms. The predicted molar refractivity (Wildman–Crippen MR) is 119 cm³/mol. The van der Waals surface area contributed by atoms with Crippen LogP contribution in [0.15, 0.2) is 48.5 Å². The highest BCUT2D eigenvalue weighted by Crippen LogP contribution is 2.29. The average Bonchev–Trinajstić information content (AvgIpc) is 3.30. The predicted octanol–water partition coefficient (Wildman–Crippen LogP) is 4.94. The van der Waals surface area contributed by atoms with Crippen molar-refractivity contribution in [1.29, 1.82) is 0 Å². The number of methoxy groups -OCH3 is 1. The van der Waals surface area contributed by atoms with Crippen LogP contribution in [0.5, 0.6) is 5.75 Å². The number of benzene rings is 2. The van der Waals surface area contributed by atoms with Crippen molar-refractivity contribution < 1.29 is 14.3 Å². The second-order valence-electron chi connectivity index (χ2n) is 8.06. The van der Waals surface area contributed by atoms with Gasteiger partial charge in [-0.3, -0.25) is 4.79 Å². The number of fused-ring (bicyclic) bond motifs is 1. The minimum Gasteiger partial charge on any atom is -0.497 e. The minimum absolute atomic E-state index is 0.0893. The Morgan fingerprint density at radius 1 is 1.20 bits per heavy atom. The smallest absolute Gasteiger partial charge is 0.252 e. The van der Waals surface area contributed by atoms with Gasteiger partial charge in [0, 0.05) is 24.1 Å². The third-order valence-electron chi connectivity index (χ3n) is 5.64.